The Bertz CT molecular complexity index is 359. The van der Waals surface area contributed by atoms with Crippen LogP contribution in [-0.2, 0) is 14.3 Å². The van der Waals surface area contributed by atoms with Crippen LogP contribution in [0.4, 0.5) is 4.79 Å². The van der Waals surface area contributed by atoms with Gasteiger partial charge in [0.1, 0.15) is 11.3 Å². The van der Waals surface area contributed by atoms with Gasteiger partial charge in [-0.3, -0.25) is 4.90 Å². The number of carbonyl (C=O) groups excluding carboxylic acids is 1. The molecule has 7 nitrogen and oxygen atoms in total. The fraction of sp³-hybridized carbons (Fsp3) is 0.818. The molecule has 0 aromatic rings. The minimum Gasteiger partial charge on any atom is -0.480 e. The Balaban J connectivity index is 3.01. The van der Waals surface area contributed by atoms with Crippen LogP contribution in [0.2, 0.25) is 0 Å². The van der Waals surface area contributed by atoms with Crippen LogP contribution in [0.15, 0.2) is 0 Å². The molecule has 1 fully saturated rings. The van der Waals surface area contributed by atoms with E-state index in [-0.39, 0.29) is 0 Å². The molecule has 1 saturated heterocycles. The van der Waals surface area contributed by atoms with Crippen molar-refractivity contribution in [2.24, 2.45) is 0 Å². The van der Waals surface area contributed by atoms with Gasteiger partial charge in [0.05, 0.1) is 0 Å². The van der Waals surface area contributed by atoms with E-state index < -0.39 is 35.7 Å². The van der Waals surface area contributed by atoms with Crippen LogP contribution in [0, 0.1) is 0 Å². The summed E-state index contributed by atoms with van der Waals surface area (Å²) >= 11 is 0. The van der Waals surface area contributed by atoms with Crippen molar-refractivity contribution < 1.29 is 29.3 Å². The zero-order chi connectivity index (χ0) is 14.3. The molecule has 1 heterocycles. The Morgan fingerprint density at radius 1 is 1.33 bits per heavy atom. The summed E-state index contributed by atoms with van der Waals surface area (Å²) in [7, 11) is 0. The number of amides is 1. The highest BCUT2D eigenvalue weighted by Crippen LogP contribution is 2.32. The summed E-state index contributed by atoms with van der Waals surface area (Å²) in [4.78, 5) is 24.0. The molecule has 104 valence electrons. The molecular formula is C11H19NO6. The number of aliphatic hydroxyl groups is 1. The molecule has 18 heavy (non-hydrogen) atoms. The number of carboxylic acids is 1. The number of rotatable bonds is 1. The molecular weight excluding hydrogens is 242 g/mol. The molecule has 0 spiro atoms. The van der Waals surface area contributed by atoms with Crippen molar-refractivity contribution in [3.05, 3.63) is 0 Å². The summed E-state index contributed by atoms with van der Waals surface area (Å²) < 4.78 is 10.2. The molecule has 1 rings (SSSR count). The van der Waals surface area contributed by atoms with Crippen LogP contribution < -0.4 is 0 Å². The van der Waals surface area contributed by atoms with Gasteiger partial charge in [-0.1, -0.05) is 0 Å². The highest BCUT2D eigenvalue weighted by molar-refractivity contribution is 5.81. The van der Waals surface area contributed by atoms with Gasteiger partial charge >= 0.3 is 12.1 Å². The van der Waals surface area contributed by atoms with E-state index in [1.165, 1.54) is 13.8 Å². The Morgan fingerprint density at radius 2 is 1.83 bits per heavy atom. The molecule has 7 heteroatoms. The lowest BCUT2D eigenvalue weighted by molar-refractivity contribution is -0.153. The van der Waals surface area contributed by atoms with Crippen molar-refractivity contribution in [3.63, 3.8) is 0 Å². The normalized spacial score (nSPS) is 27.1. The third-order valence-corrected chi connectivity index (χ3v) is 2.38. The van der Waals surface area contributed by atoms with Gasteiger partial charge in [-0.2, -0.15) is 0 Å². The maximum Gasteiger partial charge on any atom is 0.413 e. The van der Waals surface area contributed by atoms with Crippen LogP contribution in [0.3, 0.4) is 0 Å². The van der Waals surface area contributed by atoms with Gasteiger partial charge in [0.25, 0.3) is 0 Å². The topological polar surface area (TPSA) is 96.3 Å². The average molecular weight is 261 g/mol. The van der Waals surface area contributed by atoms with E-state index in [1.807, 2.05) is 0 Å². The third kappa shape index (κ3) is 2.91. The average Bonchev–Trinajstić information content (AvgIpc) is 2.31. The molecule has 0 saturated carbocycles. The van der Waals surface area contributed by atoms with Crippen LogP contribution in [0.1, 0.15) is 34.6 Å². The second-order valence-corrected chi connectivity index (χ2v) is 5.59. The van der Waals surface area contributed by atoms with E-state index in [0.29, 0.717) is 0 Å². The lowest BCUT2D eigenvalue weighted by Crippen LogP contribution is -2.53. The summed E-state index contributed by atoms with van der Waals surface area (Å²) in [5, 5.41) is 18.6. The minimum absolute atomic E-state index is 0.760. The third-order valence-electron chi connectivity index (χ3n) is 2.38. The van der Waals surface area contributed by atoms with Crippen molar-refractivity contribution in [1.82, 2.24) is 4.90 Å². The van der Waals surface area contributed by atoms with Crippen LogP contribution in [0.5, 0.6) is 0 Å². The standard InChI is InChI=1S/C11H19NO6/c1-10(2,3)18-9(16)12-6(7(13)14)8(15)17-11(12,4)5/h6,8,15H,1-5H3,(H,13,14). The monoisotopic (exact) mass is 261 g/mol. The van der Waals surface area contributed by atoms with Gasteiger partial charge in [-0.25, -0.2) is 9.59 Å². The van der Waals surface area contributed by atoms with Crippen molar-refractivity contribution >= 4 is 12.1 Å². The number of aliphatic hydroxyl groups excluding tert-OH is 1. The van der Waals surface area contributed by atoms with Crippen LogP contribution >= 0.6 is 0 Å². The minimum atomic E-state index is -1.58. The number of carbonyl (C=O) groups is 2. The lowest BCUT2D eigenvalue weighted by atomic mass is 10.2. The number of aliphatic carboxylic acids is 1. The summed E-state index contributed by atoms with van der Waals surface area (Å²) in [5.74, 6) is -1.35. The van der Waals surface area contributed by atoms with Crippen molar-refractivity contribution in [2.75, 3.05) is 0 Å². The second kappa shape index (κ2) is 4.40. The first kappa shape index (κ1) is 14.7. The zero-order valence-corrected chi connectivity index (χ0v) is 11.1. The summed E-state index contributed by atoms with van der Waals surface area (Å²) in [5.41, 5.74) is -2.01. The van der Waals surface area contributed by atoms with E-state index in [0.717, 1.165) is 4.90 Å². The Hall–Kier alpha value is -1.34. The second-order valence-electron chi connectivity index (χ2n) is 5.59. The van der Waals surface area contributed by atoms with Gasteiger partial charge in [-0.15, -0.1) is 0 Å². The smallest absolute Gasteiger partial charge is 0.413 e. The molecule has 0 radical (unpaired) electrons. The van der Waals surface area contributed by atoms with E-state index in [2.05, 4.69) is 0 Å². The summed E-state index contributed by atoms with van der Waals surface area (Å²) in [6.45, 7) is 7.98. The number of hydrogen-bond acceptors (Lipinski definition) is 5. The van der Waals surface area contributed by atoms with Gasteiger partial charge in [0.15, 0.2) is 12.3 Å². The SMILES string of the molecule is CC(C)(C)OC(=O)N1C(C(=O)O)C(O)OC1(C)C. The number of carboxylic acid groups (broad SMARTS) is 1. The molecule has 0 bridgehead atoms. The number of nitrogens with zero attached hydrogens (tertiary/aromatic N) is 1. The fourth-order valence-electron chi connectivity index (χ4n) is 1.76. The zero-order valence-electron chi connectivity index (χ0n) is 11.1. The molecule has 1 amide bonds. The highest BCUT2D eigenvalue weighted by atomic mass is 16.7. The highest BCUT2D eigenvalue weighted by Gasteiger charge is 2.54. The molecule has 0 aromatic carbocycles. The molecule has 2 N–H and O–H groups in total. The number of hydrogen-bond donors (Lipinski definition) is 2. The Morgan fingerprint density at radius 3 is 2.22 bits per heavy atom. The van der Waals surface area contributed by atoms with Crippen molar-refractivity contribution in [1.29, 1.82) is 0 Å². The predicted molar refractivity (Wildman–Crippen MR) is 60.7 cm³/mol. The molecule has 0 aromatic heterocycles. The van der Waals surface area contributed by atoms with E-state index >= 15 is 0 Å². The first-order chi connectivity index (χ1) is 7.96. The Kier molecular flexibility index (Phi) is 3.60. The summed E-state index contributed by atoms with van der Waals surface area (Å²) in [6.07, 6.45) is -2.42. The van der Waals surface area contributed by atoms with Gasteiger partial charge in [0.2, 0.25) is 0 Å². The molecule has 1 aliphatic rings. The molecule has 1 aliphatic heterocycles. The van der Waals surface area contributed by atoms with Gasteiger partial charge in [-0.05, 0) is 34.6 Å². The quantitative estimate of drug-likeness (QED) is 0.723. The van der Waals surface area contributed by atoms with E-state index in [4.69, 9.17) is 14.6 Å². The van der Waals surface area contributed by atoms with Gasteiger partial charge in [0, 0.05) is 0 Å². The van der Waals surface area contributed by atoms with E-state index in [9.17, 15) is 14.7 Å². The van der Waals surface area contributed by atoms with Crippen LogP contribution in [0.25, 0.3) is 0 Å². The summed E-state index contributed by atoms with van der Waals surface area (Å²) in [6, 6.07) is -1.48. The lowest BCUT2D eigenvalue weighted by Gasteiger charge is -2.33. The van der Waals surface area contributed by atoms with Gasteiger partial charge < -0.3 is 19.7 Å². The Labute approximate surface area is 105 Å². The van der Waals surface area contributed by atoms with Crippen molar-refractivity contribution in [3.8, 4) is 0 Å². The first-order valence-electron chi connectivity index (χ1n) is 5.57. The maximum atomic E-state index is 12.0. The van der Waals surface area contributed by atoms with Crippen molar-refractivity contribution in [2.45, 2.75) is 58.3 Å². The first-order valence-corrected chi connectivity index (χ1v) is 5.57. The fourth-order valence-corrected chi connectivity index (χ4v) is 1.76. The largest absolute Gasteiger partial charge is 0.480 e. The predicted octanol–water partition coefficient (Wildman–Crippen LogP) is 0.761. The molecule has 0 aliphatic carbocycles. The van der Waals surface area contributed by atoms with E-state index in [1.54, 1.807) is 20.8 Å². The number of ether oxygens (including phenoxy) is 2. The van der Waals surface area contributed by atoms with Crippen LogP contribution in [-0.4, -0.2) is 50.8 Å². The molecule has 2 unspecified atom stereocenters. The molecule has 2 atom stereocenters. The maximum absolute atomic E-state index is 12.0.